The summed E-state index contributed by atoms with van der Waals surface area (Å²) < 4.78 is 25.3. The van der Waals surface area contributed by atoms with Crippen molar-refractivity contribution in [2.24, 2.45) is 0 Å². The first-order valence-electron chi connectivity index (χ1n) is 8.65. The van der Waals surface area contributed by atoms with Crippen molar-refractivity contribution >= 4 is 43.8 Å². The molecule has 0 bridgehead atoms. The Balaban J connectivity index is 1.68. The zero-order chi connectivity index (χ0) is 20.7. The summed E-state index contributed by atoms with van der Waals surface area (Å²) in [6.07, 6.45) is 1.13. The van der Waals surface area contributed by atoms with Crippen LogP contribution in [0, 0.1) is 0 Å². The van der Waals surface area contributed by atoms with Crippen molar-refractivity contribution in [3.63, 3.8) is 0 Å². The lowest BCUT2D eigenvalue weighted by molar-refractivity contribution is -0.139. The molecule has 2 saturated heterocycles. The molecule has 0 spiro atoms. The van der Waals surface area contributed by atoms with E-state index in [1.807, 2.05) is 0 Å². The van der Waals surface area contributed by atoms with Gasteiger partial charge in [0.25, 0.3) is 5.91 Å². The second-order valence-electron chi connectivity index (χ2n) is 7.00. The number of hydrogen-bond acceptors (Lipinski definition) is 5. The Hall–Kier alpha value is -1.98. The highest BCUT2D eigenvalue weighted by atomic mass is 79.9. The Morgan fingerprint density at radius 3 is 2.25 bits per heavy atom. The highest BCUT2D eigenvalue weighted by Gasteiger charge is 2.49. The summed E-state index contributed by atoms with van der Waals surface area (Å²) in [5.41, 5.74) is -0.627. The van der Waals surface area contributed by atoms with Gasteiger partial charge in [-0.2, -0.15) is 4.31 Å². The fourth-order valence-electron chi connectivity index (χ4n) is 3.32. The van der Waals surface area contributed by atoms with Gasteiger partial charge in [0, 0.05) is 30.7 Å². The van der Waals surface area contributed by atoms with E-state index >= 15 is 0 Å². The lowest BCUT2D eigenvalue weighted by Crippen LogP contribution is -2.53. The Morgan fingerprint density at radius 2 is 1.71 bits per heavy atom. The minimum absolute atomic E-state index is 0.196. The normalized spacial score (nSPS) is 23.8. The molecule has 0 saturated carbocycles. The molecule has 0 radical (unpaired) electrons. The van der Waals surface area contributed by atoms with Crippen LogP contribution in [0.3, 0.4) is 0 Å². The Kier molecular flexibility index (Phi) is 5.52. The van der Waals surface area contributed by atoms with Crippen LogP contribution in [0.25, 0.3) is 0 Å². The predicted molar refractivity (Wildman–Crippen MR) is 105 cm³/mol. The van der Waals surface area contributed by atoms with Gasteiger partial charge in [0.05, 0.1) is 6.26 Å². The lowest BCUT2D eigenvalue weighted by Gasteiger charge is -2.33. The van der Waals surface area contributed by atoms with Gasteiger partial charge in [0.15, 0.2) is 0 Å². The summed E-state index contributed by atoms with van der Waals surface area (Å²) in [6, 6.07) is 6.39. The topological polar surface area (TPSA) is 107 Å². The van der Waals surface area contributed by atoms with Crippen molar-refractivity contribution in [1.82, 2.24) is 19.4 Å². The average molecular weight is 473 g/mol. The molecule has 0 aliphatic carbocycles. The van der Waals surface area contributed by atoms with Crippen LogP contribution in [-0.2, 0) is 25.2 Å². The second kappa shape index (κ2) is 7.45. The van der Waals surface area contributed by atoms with Crippen LogP contribution in [0.5, 0.6) is 0 Å². The van der Waals surface area contributed by atoms with Crippen molar-refractivity contribution in [3.05, 3.63) is 34.3 Å². The highest BCUT2D eigenvalue weighted by Crippen LogP contribution is 2.29. The van der Waals surface area contributed by atoms with E-state index in [1.54, 1.807) is 31.2 Å². The first-order chi connectivity index (χ1) is 13.0. The van der Waals surface area contributed by atoms with Gasteiger partial charge < -0.3 is 10.2 Å². The van der Waals surface area contributed by atoms with Gasteiger partial charge in [-0.05, 0) is 24.6 Å². The third-order valence-electron chi connectivity index (χ3n) is 5.05. The van der Waals surface area contributed by atoms with Gasteiger partial charge in [-0.25, -0.2) is 13.2 Å². The number of imide groups is 1. The standard InChI is InChI=1S/C17H21BrN4O5S/c1-17(12-3-5-13(18)6-4-12)15(24)22(16(25)19-17)11-14(23)20-7-9-21(10-8-20)28(2,26)27/h3-6H,7-11H2,1-2H3,(H,19,25)/t17-/m0/s1. The molecule has 152 valence electrons. The van der Waals surface area contributed by atoms with E-state index in [0.717, 1.165) is 15.6 Å². The number of carbonyl (C=O) groups excluding carboxylic acids is 3. The van der Waals surface area contributed by atoms with Crippen LogP contribution < -0.4 is 5.32 Å². The molecule has 28 heavy (non-hydrogen) atoms. The van der Waals surface area contributed by atoms with Gasteiger partial charge in [0.2, 0.25) is 15.9 Å². The van der Waals surface area contributed by atoms with Crippen molar-refractivity contribution in [2.75, 3.05) is 39.0 Å². The summed E-state index contributed by atoms with van der Waals surface area (Å²) in [4.78, 5) is 40.2. The van der Waals surface area contributed by atoms with Crippen LogP contribution in [0.2, 0.25) is 0 Å². The molecule has 0 unspecified atom stereocenters. The molecule has 1 atom stereocenters. The number of hydrogen-bond donors (Lipinski definition) is 1. The maximum atomic E-state index is 12.9. The van der Waals surface area contributed by atoms with E-state index in [2.05, 4.69) is 21.2 Å². The van der Waals surface area contributed by atoms with Crippen LogP contribution in [0.15, 0.2) is 28.7 Å². The van der Waals surface area contributed by atoms with Crippen molar-refractivity contribution < 1.29 is 22.8 Å². The Morgan fingerprint density at radius 1 is 1.14 bits per heavy atom. The summed E-state index contributed by atoms with van der Waals surface area (Å²) >= 11 is 3.33. The molecule has 4 amide bonds. The first kappa shape index (κ1) is 20.7. The van der Waals surface area contributed by atoms with Crippen LogP contribution in [-0.4, -0.2) is 79.3 Å². The number of carbonyl (C=O) groups is 3. The van der Waals surface area contributed by atoms with Crippen molar-refractivity contribution in [3.8, 4) is 0 Å². The van der Waals surface area contributed by atoms with E-state index in [9.17, 15) is 22.8 Å². The van der Waals surface area contributed by atoms with Gasteiger partial charge in [-0.1, -0.05) is 28.1 Å². The van der Waals surface area contributed by atoms with Crippen LogP contribution in [0.1, 0.15) is 12.5 Å². The molecule has 2 aliphatic heterocycles. The Bertz CT molecular complexity index is 912. The number of benzene rings is 1. The molecule has 1 aromatic rings. The fraction of sp³-hybridized carbons (Fsp3) is 0.471. The summed E-state index contributed by atoms with van der Waals surface area (Å²) in [6.45, 7) is 2.06. The van der Waals surface area contributed by atoms with E-state index < -0.39 is 33.4 Å². The van der Waals surface area contributed by atoms with E-state index in [0.29, 0.717) is 5.56 Å². The minimum atomic E-state index is -3.30. The van der Waals surface area contributed by atoms with Crippen LogP contribution >= 0.6 is 15.9 Å². The SMILES string of the molecule is C[C@@]1(c2ccc(Br)cc2)NC(=O)N(CC(=O)N2CCN(S(C)(=O)=O)CC2)C1=O. The van der Waals surface area contributed by atoms with Crippen molar-refractivity contribution in [1.29, 1.82) is 0 Å². The largest absolute Gasteiger partial charge is 0.338 e. The number of sulfonamides is 1. The summed E-state index contributed by atoms with van der Waals surface area (Å²) in [5, 5.41) is 2.66. The third-order valence-corrected chi connectivity index (χ3v) is 6.88. The molecular weight excluding hydrogens is 452 g/mol. The molecule has 3 rings (SSSR count). The lowest BCUT2D eigenvalue weighted by atomic mass is 9.92. The van der Waals surface area contributed by atoms with Gasteiger partial charge >= 0.3 is 6.03 Å². The smallest absolute Gasteiger partial charge is 0.325 e. The third kappa shape index (κ3) is 3.91. The predicted octanol–water partition coefficient (Wildman–Crippen LogP) is 0.320. The highest BCUT2D eigenvalue weighted by molar-refractivity contribution is 9.10. The number of amides is 4. The van der Waals surface area contributed by atoms with E-state index in [4.69, 9.17) is 0 Å². The zero-order valence-electron chi connectivity index (χ0n) is 15.5. The summed E-state index contributed by atoms with van der Waals surface area (Å²) in [5.74, 6) is -0.889. The first-order valence-corrected chi connectivity index (χ1v) is 11.3. The number of nitrogens with one attached hydrogen (secondary N) is 1. The number of rotatable bonds is 4. The van der Waals surface area contributed by atoms with Gasteiger partial charge in [-0.3, -0.25) is 14.5 Å². The van der Waals surface area contributed by atoms with E-state index in [1.165, 1.54) is 9.21 Å². The number of halogens is 1. The van der Waals surface area contributed by atoms with Crippen molar-refractivity contribution in [2.45, 2.75) is 12.5 Å². The molecule has 2 aliphatic rings. The van der Waals surface area contributed by atoms with E-state index in [-0.39, 0.29) is 32.7 Å². The molecule has 2 fully saturated rings. The summed E-state index contributed by atoms with van der Waals surface area (Å²) in [7, 11) is -3.30. The Labute approximate surface area is 171 Å². The minimum Gasteiger partial charge on any atom is -0.338 e. The maximum Gasteiger partial charge on any atom is 0.325 e. The molecule has 11 heteroatoms. The maximum absolute atomic E-state index is 12.9. The molecule has 1 aromatic carbocycles. The number of piperazine rings is 1. The van der Waals surface area contributed by atoms with Crippen LogP contribution in [0.4, 0.5) is 4.79 Å². The molecule has 1 N–H and O–H groups in total. The second-order valence-corrected chi connectivity index (χ2v) is 9.89. The molecular formula is C17H21BrN4O5S. The van der Waals surface area contributed by atoms with Gasteiger partial charge in [0.1, 0.15) is 12.1 Å². The number of nitrogens with zero attached hydrogens (tertiary/aromatic N) is 3. The zero-order valence-corrected chi connectivity index (χ0v) is 17.9. The molecule has 9 nitrogen and oxygen atoms in total. The molecule has 0 aromatic heterocycles. The van der Waals surface area contributed by atoms with Gasteiger partial charge in [-0.15, -0.1) is 0 Å². The monoisotopic (exact) mass is 472 g/mol. The fourth-order valence-corrected chi connectivity index (χ4v) is 4.41. The quantitative estimate of drug-likeness (QED) is 0.634. The molecule has 2 heterocycles. The average Bonchev–Trinajstić information content (AvgIpc) is 2.85. The number of urea groups is 1.